The molecule has 34 heavy (non-hydrogen) atoms. The molecule has 1 saturated heterocycles. The number of aryl methyl sites for hydroxylation is 1. The van der Waals surface area contributed by atoms with Crippen molar-refractivity contribution in [3.8, 4) is 0 Å². The van der Waals surface area contributed by atoms with Crippen LogP contribution in [0.1, 0.15) is 25.3 Å². The summed E-state index contributed by atoms with van der Waals surface area (Å²) < 4.78 is 0. The standard InChI is InChI=1S/C25H28N2O6S/c1-16(26-20(22(28)25(32)33)13-12-17-8-4-2-5-9-17)23(29)27-15-19(14-21(27)24(30)31)34-18-10-6-3-7-11-18/h2-11,16,19-21,26H,12-15H2,1H3,(H,30,31)(H,32,33)/t16-,19?,20?,21-/m0/s1. The number of carboxylic acid groups (broad SMARTS) is 2. The molecule has 1 heterocycles. The molecule has 2 aromatic carbocycles. The van der Waals surface area contributed by atoms with E-state index < -0.39 is 41.8 Å². The van der Waals surface area contributed by atoms with Crippen molar-refractivity contribution in [1.29, 1.82) is 0 Å². The monoisotopic (exact) mass is 484 g/mol. The van der Waals surface area contributed by atoms with E-state index in [0.717, 1.165) is 10.5 Å². The van der Waals surface area contributed by atoms with Gasteiger partial charge >= 0.3 is 11.9 Å². The van der Waals surface area contributed by atoms with Crippen molar-refractivity contribution in [1.82, 2.24) is 10.2 Å². The molecule has 0 bridgehead atoms. The summed E-state index contributed by atoms with van der Waals surface area (Å²) in [5, 5.41) is 21.7. The molecule has 180 valence electrons. The number of benzene rings is 2. The van der Waals surface area contributed by atoms with Gasteiger partial charge in [0.15, 0.2) is 0 Å². The van der Waals surface area contributed by atoms with Gasteiger partial charge in [0.05, 0.1) is 12.1 Å². The maximum absolute atomic E-state index is 13.2. The minimum atomic E-state index is -1.57. The number of carbonyl (C=O) groups is 4. The SMILES string of the molecule is C[C@H](NC(CCc1ccccc1)C(=O)C(=O)O)C(=O)N1CC(Sc2ccccc2)C[C@H]1C(=O)O. The molecule has 1 aliphatic heterocycles. The van der Waals surface area contributed by atoms with E-state index >= 15 is 0 Å². The summed E-state index contributed by atoms with van der Waals surface area (Å²) in [4.78, 5) is 51.0. The number of carboxylic acids is 2. The molecule has 1 fully saturated rings. The minimum Gasteiger partial charge on any atom is -0.480 e. The average molecular weight is 485 g/mol. The number of carbonyl (C=O) groups excluding carboxylic acids is 2. The second-order valence-corrected chi connectivity index (χ2v) is 9.64. The van der Waals surface area contributed by atoms with E-state index in [1.165, 1.54) is 23.6 Å². The summed E-state index contributed by atoms with van der Waals surface area (Å²) in [6.45, 7) is 1.78. The van der Waals surface area contributed by atoms with Gasteiger partial charge in [-0.05, 0) is 43.9 Å². The summed E-state index contributed by atoms with van der Waals surface area (Å²) in [6, 6.07) is 15.9. The second kappa shape index (κ2) is 11.8. The zero-order valence-corrected chi connectivity index (χ0v) is 19.6. The first kappa shape index (κ1) is 25.5. The Morgan fingerprint density at radius 3 is 2.24 bits per heavy atom. The molecule has 3 rings (SSSR count). The van der Waals surface area contributed by atoms with E-state index in [-0.39, 0.29) is 18.2 Å². The Balaban J connectivity index is 1.67. The Morgan fingerprint density at radius 1 is 1.03 bits per heavy atom. The largest absolute Gasteiger partial charge is 0.480 e. The summed E-state index contributed by atoms with van der Waals surface area (Å²) >= 11 is 1.52. The van der Waals surface area contributed by atoms with Crippen LogP contribution in [-0.2, 0) is 25.6 Å². The third-order valence-corrected chi connectivity index (χ3v) is 7.01. The molecule has 2 aromatic rings. The van der Waals surface area contributed by atoms with Gasteiger partial charge in [-0.2, -0.15) is 0 Å². The van der Waals surface area contributed by atoms with Gasteiger partial charge in [-0.25, -0.2) is 9.59 Å². The normalized spacial score (nSPS) is 19.4. The van der Waals surface area contributed by atoms with Gasteiger partial charge in [-0.3, -0.25) is 14.9 Å². The van der Waals surface area contributed by atoms with Crippen LogP contribution in [0.2, 0.25) is 0 Å². The number of hydrogen-bond donors (Lipinski definition) is 3. The molecule has 0 saturated carbocycles. The van der Waals surface area contributed by atoms with Gasteiger partial charge in [0.1, 0.15) is 6.04 Å². The fourth-order valence-corrected chi connectivity index (χ4v) is 5.28. The van der Waals surface area contributed by atoms with Crippen LogP contribution in [0.3, 0.4) is 0 Å². The number of aliphatic carboxylic acids is 2. The number of ketones is 1. The second-order valence-electron chi connectivity index (χ2n) is 8.27. The van der Waals surface area contributed by atoms with Gasteiger partial charge in [0.25, 0.3) is 5.78 Å². The number of thioether (sulfide) groups is 1. The van der Waals surface area contributed by atoms with E-state index in [2.05, 4.69) is 5.32 Å². The van der Waals surface area contributed by atoms with Gasteiger partial charge < -0.3 is 15.1 Å². The molecule has 0 spiro atoms. The van der Waals surface area contributed by atoms with Crippen LogP contribution in [0.15, 0.2) is 65.6 Å². The van der Waals surface area contributed by atoms with Crippen LogP contribution in [0, 0.1) is 0 Å². The van der Waals surface area contributed by atoms with E-state index in [1.807, 2.05) is 60.7 Å². The van der Waals surface area contributed by atoms with Gasteiger partial charge in [0, 0.05) is 16.7 Å². The summed E-state index contributed by atoms with van der Waals surface area (Å²) in [5.41, 5.74) is 0.942. The molecule has 3 N–H and O–H groups in total. The molecule has 0 aliphatic carbocycles. The first-order chi connectivity index (χ1) is 16.3. The topological polar surface area (TPSA) is 124 Å². The lowest BCUT2D eigenvalue weighted by molar-refractivity contribution is -0.151. The van der Waals surface area contributed by atoms with E-state index in [0.29, 0.717) is 12.8 Å². The number of nitrogens with one attached hydrogen (secondary N) is 1. The first-order valence-corrected chi connectivity index (χ1v) is 12.0. The first-order valence-electron chi connectivity index (χ1n) is 11.1. The zero-order valence-electron chi connectivity index (χ0n) is 18.8. The van der Waals surface area contributed by atoms with Crippen molar-refractivity contribution in [3.05, 3.63) is 66.2 Å². The fraction of sp³-hybridized carbons (Fsp3) is 0.360. The zero-order chi connectivity index (χ0) is 24.7. The molecule has 1 aliphatic rings. The molecule has 9 heteroatoms. The fourth-order valence-electron chi connectivity index (χ4n) is 4.07. The highest BCUT2D eigenvalue weighted by Crippen LogP contribution is 2.33. The highest BCUT2D eigenvalue weighted by molar-refractivity contribution is 8.00. The molecule has 8 nitrogen and oxygen atoms in total. The van der Waals surface area contributed by atoms with Crippen molar-refractivity contribution in [2.24, 2.45) is 0 Å². The van der Waals surface area contributed by atoms with Crippen LogP contribution < -0.4 is 5.32 Å². The quantitative estimate of drug-likeness (QED) is 0.416. The van der Waals surface area contributed by atoms with Crippen LogP contribution >= 0.6 is 11.8 Å². The van der Waals surface area contributed by atoms with Crippen molar-refractivity contribution in [2.75, 3.05) is 6.54 Å². The molecule has 0 radical (unpaired) electrons. The van der Waals surface area contributed by atoms with Crippen LogP contribution in [0.5, 0.6) is 0 Å². The highest BCUT2D eigenvalue weighted by atomic mass is 32.2. The summed E-state index contributed by atoms with van der Waals surface area (Å²) in [7, 11) is 0. The van der Waals surface area contributed by atoms with Crippen molar-refractivity contribution >= 4 is 35.4 Å². The third-order valence-electron chi connectivity index (χ3n) is 5.79. The minimum absolute atomic E-state index is 0.0887. The molecular formula is C25H28N2O6S. The van der Waals surface area contributed by atoms with Gasteiger partial charge in [0.2, 0.25) is 5.91 Å². The van der Waals surface area contributed by atoms with Crippen LogP contribution in [0.25, 0.3) is 0 Å². The van der Waals surface area contributed by atoms with Gasteiger partial charge in [-0.15, -0.1) is 11.8 Å². The number of amides is 1. The lowest BCUT2D eigenvalue weighted by Gasteiger charge is -2.27. The van der Waals surface area contributed by atoms with Crippen molar-refractivity contribution in [2.45, 2.75) is 54.5 Å². The summed E-state index contributed by atoms with van der Waals surface area (Å²) in [5.74, 6) is -4.15. The van der Waals surface area contributed by atoms with E-state index in [4.69, 9.17) is 0 Å². The smallest absolute Gasteiger partial charge is 0.373 e. The number of nitrogens with zero attached hydrogens (tertiary/aromatic N) is 1. The molecule has 2 unspecified atom stereocenters. The molecule has 1 amide bonds. The average Bonchev–Trinajstić information content (AvgIpc) is 3.26. The number of rotatable bonds is 11. The maximum atomic E-state index is 13.2. The Kier molecular flexibility index (Phi) is 8.84. The van der Waals surface area contributed by atoms with Crippen LogP contribution in [0.4, 0.5) is 0 Å². The van der Waals surface area contributed by atoms with Gasteiger partial charge in [-0.1, -0.05) is 48.5 Å². The molecule has 0 aromatic heterocycles. The lowest BCUT2D eigenvalue weighted by atomic mass is 10.0. The van der Waals surface area contributed by atoms with E-state index in [9.17, 15) is 29.4 Å². The molecule has 4 atom stereocenters. The Bertz CT molecular complexity index is 1020. The lowest BCUT2D eigenvalue weighted by Crippen LogP contribution is -2.54. The van der Waals surface area contributed by atoms with Crippen molar-refractivity contribution in [3.63, 3.8) is 0 Å². The number of Topliss-reactive ketones (excluding diaryl/α,β-unsaturated/α-hetero) is 1. The molecular weight excluding hydrogens is 456 g/mol. The maximum Gasteiger partial charge on any atom is 0.373 e. The summed E-state index contributed by atoms with van der Waals surface area (Å²) in [6.07, 6.45) is 0.955. The number of likely N-dealkylation sites (tertiary alicyclic amines) is 1. The Labute approximate surface area is 202 Å². The van der Waals surface area contributed by atoms with Crippen molar-refractivity contribution < 1.29 is 29.4 Å². The predicted octanol–water partition coefficient (Wildman–Crippen LogP) is 2.47. The highest BCUT2D eigenvalue weighted by Gasteiger charge is 2.42. The Morgan fingerprint density at radius 2 is 1.65 bits per heavy atom. The third kappa shape index (κ3) is 6.68. The predicted molar refractivity (Wildman–Crippen MR) is 128 cm³/mol. The van der Waals surface area contributed by atoms with E-state index in [1.54, 1.807) is 0 Å². The van der Waals surface area contributed by atoms with Crippen LogP contribution in [-0.4, -0.2) is 68.7 Å². The Hall–Kier alpha value is -3.17. The number of hydrogen-bond acceptors (Lipinski definition) is 6.